The minimum Gasteiger partial charge on any atom is -0.508 e. The van der Waals surface area contributed by atoms with Crippen LogP contribution in [0, 0.1) is 0 Å². The third-order valence-corrected chi connectivity index (χ3v) is 4.15. The average Bonchev–Trinajstić information content (AvgIpc) is 2.54. The summed E-state index contributed by atoms with van der Waals surface area (Å²) >= 11 is 0. The van der Waals surface area contributed by atoms with Gasteiger partial charge in [-0.25, -0.2) is 0 Å². The molecule has 0 aliphatic carbocycles. The molecule has 116 valence electrons. The second-order valence-electron chi connectivity index (χ2n) is 5.89. The largest absolute Gasteiger partial charge is 0.508 e. The summed E-state index contributed by atoms with van der Waals surface area (Å²) in [6.45, 7) is 6.09. The van der Waals surface area contributed by atoms with Crippen LogP contribution in [0.2, 0.25) is 0 Å². The highest BCUT2D eigenvalue weighted by Crippen LogP contribution is 2.15. The van der Waals surface area contributed by atoms with Crippen molar-refractivity contribution in [3.63, 3.8) is 0 Å². The van der Waals surface area contributed by atoms with Gasteiger partial charge in [0, 0.05) is 39.3 Å². The van der Waals surface area contributed by atoms with E-state index in [9.17, 15) is 10.2 Å². The maximum atomic E-state index is 9.32. The summed E-state index contributed by atoms with van der Waals surface area (Å²) in [5.74, 6) is 0.643. The Balaban J connectivity index is 1.47. The van der Waals surface area contributed by atoms with Gasteiger partial charge in [-0.05, 0) is 35.4 Å². The average molecular weight is 298 g/mol. The molecule has 4 heteroatoms. The third-order valence-electron chi connectivity index (χ3n) is 4.15. The molecule has 1 fully saturated rings. The Morgan fingerprint density at radius 3 is 1.23 bits per heavy atom. The highest BCUT2D eigenvalue weighted by atomic mass is 16.3. The van der Waals surface area contributed by atoms with E-state index in [0.29, 0.717) is 11.5 Å². The molecule has 22 heavy (non-hydrogen) atoms. The molecule has 0 aromatic heterocycles. The number of nitrogens with zero attached hydrogens (tertiary/aromatic N) is 2. The lowest BCUT2D eigenvalue weighted by molar-refractivity contribution is 0.122. The molecule has 0 radical (unpaired) electrons. The van der Waals surface area contributed by atoms with E-state index in [1.165, 1.54) is 11.1 Å². The summed E-state index contributed by atoms with van der Waals surface area (Å²) < 4.78 is 0. The van der Waals surface area contributed by atoms with Gasteiger partial charge >= 0.3 is 0 Å². The van der Waals surface area contributed by atoms with Crippen LogP contribution in [0.3, 0.4) is 0 Å². The van der Waals surface area contributed by atoms with E-state index in [1.807, 2.05) is 24.3 Å². The molecule has 0 amide bonds. The lowest BCUT2D eigenvalue weighted by Gasteiger charge is -2.34. The van der Waals surface area contributed by atoms with Crippen molar-refractivity contribution in [2.45, 2.75) is 13.1 Å². The first-order valence-corrected chi connectivity index (χ1v) is 7.69. The standard InChI is InChI=1S/C18H22N2O2/c21-17-5-1-15(2-6-17)13-19-9-11-20(12-10-19)14-16-3-7-18(22)8-4-16/h1-8,21-22H,9-14H2. The fourth-order valence-corrected chi connectivity index (χ4v) is 2.82. The van der Waals surface area contributed by atoms with Gasteiger partial charge in [0.15, 0.2) is 0 Å². The number of hydrogen-bond acceptors (Lipinski definition) is 4. The van der Waals surface area contributed by atoms with Gasteiger partial charge in [-0.1, -0.05) is 24.3 Å². The smallest absolute Gasteiger partial charge is 0.115 e. The summed E-state index contributed by atoms with van der Waals surface area (Å²) in [5.41, 5.74) is 2.48. The van der Waals surface area contributed by atoms with Crippen LogP contribution >= 0.6 is 0 Å². The Morgan fingerprint density at radius 2 is 0.909 bits per heavy atom. The molecule has 4 nitrogen and oxygen atoms in total. The van der Waals surface area contributed by atoms with Gasteiger partial charge in [0.2, 0.25) is 0 Å². The van der Waals surface area contributed by atoms with Crippen LogP contribution in [0.1, 0.15) is 11.1 Å². The van der Waals surface area contributed by atoms with Crippen molar-refractivity contribution in [2.24, 2.45) is 0 Å². The summed E-state index contributed by atoms with van der Waals surface area (Å²) in [4.78, 5) is 4.89. The zero-order valence-corrected chi connectivity index (χ0v) is 12.7. The molecule has 2 N–H and O–H groups in total. The first-order chi connectivity index (χ1) is 10.7. The quantitative estimate of drug-likeness (QED) is 0.910. The van der Waals surface area contributed by atoms with Gasteiger partial charge in [0.25, 0.3) is 0 Å². The zero-order chi connectivity index (χ0) is 15.4. The third kappa shape index (κ3) is 4.00. The van der Waals surface area contributed by atoms with Crippen molar-refractivity contribution in [1.29, 1.82) is 0 Å². The van der Waals surface area contributed by atoms with E-state index >= 15 is 0 Å². The molecule has 0 saturated carbocycles. The molecule has 2 aromatic carbocycles. The molecular formula is C18H22N2O2. The van der Waals surface area contributed by atoms with Gasteiger partial charge in [-0.3, -0.25) is 9.80 Å². The van der Waals surface area contributed by atoms with Gasteiger partial charge in [-0.15, -0.1) is 0 Å². The molecule has 0 unspecified atom stereocenters. The topological polar surface area (TPSA) is 46.9 Å². The van der Waals surface area contributed by atoms with Crippen LogP contribution in [-0.2, 0) is 13.1 Å². The minimum absolute atomic E-state index is 0.322. The van der Waals surface area contributed by atoms with E-state index in [1.54, 1.807) is 24.3 Å². The van der Waals surface area contributed by atoms with Gasteiger partial charge in [0.05, 0.1) is 0 Å². The summed E-state index contributed by atoms with van der Waals surface area (Å²) in [6, 6.07) is 14.9. The predicted octanol–water partition coefficient (Wildman–Crippen LogP) is 2.42. The van der Waals surface area contributed by atoms with Crippen LogP contribution in [0.4, 0.5) is 0 Å². The Labute approximate surface area is 131 Å². The molecule has 0 atom stereocenters. The lowest BCUT2D eigenvalue weighted by Crippen LogP contribution is -2.45. The fraction of sp³-hybridized carbons (Fsp3) is 0.333. The second-order valence-corrected chi connectivity index (χ2v) is 5.89. The SMILES string of the molecule is Oc1ccc(CN2CCN(Cc3ccc(O)cc3)CC2)cc1. The molecule has 1 saturated heterocycles. The van der Waals surface area contributed by atoms with Crippen molar-refractivity contribution in [1.82, 2.24) is 9.80 Å². The number of rotatable bonds is 4. The lowest BCUT2D eigenvalue weighted by atomic mass is 10.1. The number of aromatic hydroxyl groups is 2. The van der Waals surface area contributed by atoms with Crippen molar-refractivity contribution in [3.05, 3.63) is 59.7 Å². The van der Waals surface area contributed by atoms with Crippen LogP contribution in [0.5, 0.6) is 11.5 Å². The molecule has 3 rings (SSSR count). The molecule has 0 spiro atoms. The number of phenolic OH excluding ortho intramolecular Hbond substituents is 2. The highest BCUT2D eigenvalue weighted by Gasteiger charge is 2.17. The normalized spacial score (nSPS) is 16.7. The molecule has 1 aliphatic heterocycles. The number of benzene rings is 2. The Morgan fingerprint density at radius 1 is 0.591 bits per heavy atom. The van der Waals surface area contributed by atoms with E-state index in [2.05, 4.69) is 9.80 Å². The monoisotopic (exact) mass is 298 g/mol. The van der Waals surface area contributed by atoms with Crippen LogP contribution < -0.4 is 0 Å². The number of hydrogen-bond donors (Lipinski definition) is 2. The Hall–Kier alpha value is -2.04. The molecule has 1 aliphatic rings. The summed E-state index contributed by atoms with van der Waals surface area (Å²) in [5, 5.41) is 18.6. The summed E-state index contributed by atoms with van der Waals surface area (Å²) in [6.07, 6.45) is 0. The first-order valence-electron chi connectivity index (χ1n) is 7.69. The Kier molecular flexibility index (Phi) is 4.61. The number of piperazine rings is 1. The van der Waals surface area contributed by atoms with E-state index < -0.39 is 0 Å². The summed E-state index contributed by atoms with van der Waals surface area (Å²) in [7, 11) is 0. The number of phenols is 2. The van der Waals surface area contributed by atoms with Crippen molar-refractivity contribution in [2.75, 3.05) is 26.2 Å². The van der Waals surface area contributed by atoms with Crippen molar-refractivity contribution < 1.29 is 10.2 Å². The van der Waals surface area contributed by atoms with Crippen molar-refractivity contribution >= 4 is 0 Å². The Bertz CT molecular complexity index is 532. The van der Waals surface area contributed by atoms with E-state index in [0.717, 1.165) is 39.3 Å². The highest BCUT2D eigenvalue weighted by molar-refractivity contribution is 5.26. The predicted molar refractivity (Wildman–Crippen MR) is 86.8 cm³/mol. The van der Waals surface area contributed by atoms with Gasteiger partial charge in [-0.2, -0.15) is 0 Å². The zero-order valence-electron chi connectivity index (χ0n) is 12.7. The van der Waals surface area contributed by atoms with Gasteiger partial charge < -0.3 is 10.2 Å². The van der Waals surface area contributed by atoms with Gasteiger partial charge in [0.1, 0.15) is 11.5 Å². The second kappa shape index (κ2) is 6.81. The van der Waals surface area contributed by atoms with Crippen molar-refractivity contribution in [3.8, 4) is 11.5 Å². The fourth-order valence-electron chi connectivity index (χ4n) is 2.82. The van der Waals surface area contributed by atoms with Crippen LogP contribution in [-0.4, -0.2) is 46.2 Å². The van der Waals surface area contributed by atoms with Crippen LogP contribution in [0.15, 0.2) is 48.5 Å². The molecule has 2 aromatic rings. The van der Waals surface area contributed by atoms with Crippen LogP contribution in [0.25, 0.3) is 0 Å². The maximum absolute atomic E-state index is 9.32. The van der Waals surface area contributed by atoms with E-state index in [-0.39, 0.29) is 0 Å². The molecule has 1 heterocycles. The van der Waals surface area contributed by atoms with E-state index in [4.69, 9.17) is 0 Å². The first kappa shape index (κ1) is 14.9. The molecule has 0 bridgehead atoms. The molecular weight excluding hydrogens is 276 g/mol. The maximum Gasteiger partial charge on any atom is 0.115 e. The minimum atomic E-state index is 0.322.